The maximum atomic E-state index is 10.8. The maximum absolute atomic E-state index is 10.8. The van der Waals surface area contributed by atoms with Gasteiger partial charge in [0.05, 0.1) is 5.56 Å². The van der Waals surface area contributed by atoms with Gasteiger partial charge >= 0.3 is 5.97 Å². The van der Waals surface area contributed by atoms with Gasteiger partial charge in [0.15, 0.2) is 0 Å². The van der Waals surface area contributed by atoms with Crippen LogP contribution in [0.5, 0.6) is 0 Å². The molecular weight excluding hydrogens is 230 g/mol. The third-order valence-electron chi connectivity index (χ3n) is 3.16. The normalized spacial score (nSPS) is 12.9. The third-order valence-corrected chi connectivity index (χ3v) is 3.16. The lowest BCUT2D eigenvalue weighted by atomic mass is 10.1. The zero-order valence-corrected chi connectivity index (χ0v) is 10.3. The second-order valence-electron chi connectivity index (χ2n) is 4.34. The Bertz CT molecular complexity index is 520. The number of fused-ring (bicyclic) bond motifs is 1. The van der Waals surface area contributed by atoms with Gasteiger partial charge in [0.1, 0.15) is 18.4 Å². The van der Waals surface area contributed by atoms with Crippen molar-refractivity contribution < 1.29 is 9.90 Å². The van der Waals surface area contributed by atoms with Gasteiger partial charge in [-0.05, 0) is 37.8 Å². The van der Waals surface area contributed by atoms with E-state index in [0.29, 0.717) is 17.9 Å². The molecule has 0 saturated heterocycles. The van der Waals surface area contributed by atoms with E-state index in [-0.39, 0.29) is 6.54 Å². The second kappa shape index (κ2) is 5.05. The van der Waals surface area contributed by atoms with Crippen molar-refractivity contribution >= 4 is 11.8 Å². The van der Waals surface area contributed by atoms with E-state index in [0.717, 1.165) is 30.5 Å². The van der Waals surface area contributed by atoms with Gasteiger partial charge in [-0.3, -0.25) is 4.79 Å². The van der Waals surface area contributed by atoms with E-state index in [1.54, 1.807) is 4.90 Å². The van der Waals surface area contributed by atoms with Crippen LogP contribution in [0, 0.1) is 11.3 Å². The summed E-state index contributed by atoms with van der Waals surface area (Å²) in [4.78, 5) is 16.9. The van der Waals surface area contributed by atoms with Gasteiger partial charge < -0.3 is 10.0 Å². The molecule has 0 bridgehead atoms. The smallest absolute Gasteiger partial charge is 0.323 e. The van der Waals surface area contributed by atoms with Crippen molar-refractivity contribution in [3.05, 3.63) is 22.9 Å². The first-order valence-corrected chi connectivity index (χ1v) is 6.05. The largest absolute Gasteiger partial charge is 0.480 e. The topological polar surface area (TPSA) is 77.2 Å². The molecule has 2 rings (SSSR count). The van der Waals surface area contributed by atoms with Crippen LogP contribution in [-0.4, -0.2) is 29.1 Å². The van der Waals surface area contributed by atoms with E-state index in [1.807, 2.05) is 13.0 Å². The van der Waals surface area contributed by atoms with Gasteiger partial charge in [0.2, 0.25) is 0 Å². The Labute approximate surface area is 106 Å². The van der Waals surface area contributed by atoms with Crippen LogP contribution in [0.25, 0.3) is 0 Å². The van der Waals surface area contributed by atoms with Crippen LogP contribution in [0.4, 0.5) is 5.82 Å². The monoisotopic (exact) mass is 245 g/mol. The van der Waals surface area contributed by atoms with Crippen LogP contribution in [-0.2, 0) is 17.6 Å². The average molecular weight is 245 g/mol. The zero-order valence-electron chi connectivity index (χ0n) is 10.3. The number of carboxylic acid groups (broad SMARTS) is 1. The number of aliphatic carboxylic acids is 1. The molecule has 18 heavy (non-hydrogen) atoms. The van der Waals surface area contributed by atoms with Crippen molar-refractivity contribution in [3.8, 4) is 6.07 Å². The molecule has 94 valence electrons. The fourth-order valence-electron chi connectivity index (χ4n) is 2.28. The van der Waals surface area contributed by atoms with E-state index >= 15 is 0 Å². The van der Waals surface area contributed by atoms with Crippen molar-refractivity contribution in [2.45, 2.75) is 26.2 Å². The van der Waals surface area contributed by atoms with Gasteiger partial charge in [0, 0.05) is 12.2 Å². The molecule has 1 aromatic heterocycles. The predicted molar refractivity (Wildman–Crippen MR) is 66.5 cm³/mol. The summed E-state index contributed by atoms with van der Waals surface area (Å²) in [6.45, 7) is 2.25. The highest BCUT2D eigenvalue weighted by Crippen LogP contribution is 2.26. The number of hydrogen-bond acceptors (Lipinski definition) is 4. The number of anilines is 1. The van der Waals surface area contributed by atoms with Crippen LogP contribution < -0.4 is 4.90 Å². The predicted octanol–water partition coefficient (Wildman–Crippen LogP) is 1.35. The van der Waals surface area contributed by atoms with Gasteiger partial charge in [0.25, 0.3) is 0 Å². The summed E-state index contributed by atoms with van der Waals surface area (Å²) in [5.74, 6) is -0.411. The van der Waals surface area contributed by atoms with Crippen molar-refractivity contribution in [2.75, 3.05) is 18.0 Å². The van der Waals surface area contributed by atoms with Gasteiger partial charge in [-0.25, -0.2) is 4.98 Å². The molecule has 0 radical (unpaired) electrons. The molecule has 0 amide bonds. The Morgan fingerprint density at radius 2 is 2.39 bits per heavy atom. The van der Waals surface area contributed by atoms with Gasteiger partial charge in [-0.15, -0.1) is 0 Å². The molecule has 0 fully saturated rings. The summed E-state index contributed by atoms with van der Waals surface area (Å²) in [6, 6.07) is 3.97. The number of carboxylic acids is 1. The Balaban J connectivity index is 2.42. The third kappa shape index (κ3) is 2.28. The van der Waals surface area contributed by atoms with E-state index < -0.39 is 5.97 Å². The Kier molecular flexibility index (Phi) is 3.47. The van der Waals surface area contributed by atoms with Crippen molar-refractivity contribution in [1.82, 2.24) is 4.98 Å². The molecule has 0 atom stereocenters. The van der Waals surface area contributed by atoms with Crippen molar-refractivity contribution in [1.29, 1.82) is 5.26 Å². The van der Waals surface area contributed by atoms with E-state index in [2.05, 4.69) is 11.1 Å². The van der Waals surface area contributed by atoms with Crippen LogP contribution in [0.15, 0.2) is 6.07 Å². The fraction of sp³-hybridized carbons (Fsp3) is 0.462. The highest BCUT2D eigenvalue weighted by molar-refractivity contribution is 5.74. The van der Waals surface area contributed by atoms with E-state index in [4.69, 9.17) is 10.4 Å². The van der Waals surface area contributed by atoms with E-state index in [9.17, 15) is 4.79 Å². The molecule has 5 nitrogen and oxygen atoms in total. The molecule has 1 aromatic rings. The minimum absolute atomic E-state index is 0.128. The molecule has 1 heterocycles. The SMILES string of the molecule is CCN(CC(=O)O)c1nc2c(cc1C#N)CCC2. The van der Waals surface area contributed by atoms with Crippen LogP contribution >= 0.6 is 0 Å². The molecule has 0 saturated carbocycles. The summed E-state index contributed by atoms with van der Waals surface area (Å²) in [5.41, 5.74) is 2.60. The number of pyridine rings is 1. The van der Waals surface area contributed by atoms with Gasteiger partial charge in [-0.2, -0.15) is 5.26 Å². The van der Waals surface area contributed by atoms with Crippen LogP contribution in [0.3, 0.4) is 0 Å². The summed E-state index contributed by atoms with van der Waals surface area (Å²) in [7, 11) is 0. The van der Waals surface area contributed by atoms with Crippen molar-refractivity contribution in [3.63, 3.8) is 0 Å². The minimum atomic E-state index is -0.914. The molecule has 0 aromatic carbocycles. The number of hydrogen-bond donors (Lipinski definition) is 1. The number of likely N-dealkylation sites (N-methyl/N-ethyl adjacent to an activating group) is 1. The van der Waals surface area contributed by atoms with Gasteiger partial charge in [-0.1, -0.05) is 0 Å². The Morgan fingerprint density at radius 3 is 3.00 bits per heavy atom. The highest BCUT2D eigenvalue weighted by Gasteiger charge is 2.20. The number of rotatable bonds is 4. The molecule has 5 heteroatoms. The standard InChI is InChI=1S/C13H15N3O2/c1-2-16(8-12(17)18)13-10(7-14)6-9-4-3-5-11(9)15-13/h6H,2-5,8H2,1H3,(H,17,18). The maximum Gasteiger partial charge on any atom is 0.323 e. The molecule has 1 aliphatic rings. The molecule has 0 unspecified atom stereocenters. The molecular formula is C13H15N3O2. The minimum Gasteiger partial charge on any atom is -0.480 e. The summed E-state index contributed by atoms with van der Waals surface area (Å²) in [6.07, 6.45) is 2.93. The molecule has 1 aliphatic carbocycles. The number of aryl methyl sites for hydroxylation is 2. The summed E-state index contributed by atoms with van der Waals surface area (Å²) in [5, 5.41) is 18.0. The van der Waals surface area contributed by atoms with Crippen LogP contribution in [0.2, 0.25) is 0 Å². The zero-order chi connectivity index (χ0) is 13.1. The summed E-state index contributed by atoms with van der Waals surface area (Å²) < 4.78 is 0. The Morgan fingerprint density at radius 1 is 1.61 bits per heavy atom. The number of nitriles is 1. The number of aromatic nitrogens is 1. The highest BCUT2D eigenvalue weighted by atomic mass is 16.4. The summed E-state index contributed by atoms with van der Waals surface area (Å²) >= 11 is 0. The first kappa shape index (κ1) is 12.4. The Hall–Kier alpha value is -2.09. The quantitative estimate of drug-likeness (QED) is 0.866. The van der Waals surface area contributed by atoms with Crippen molar-refractivity contribution in [2.24, 2.45) is 0 Å². The second-order valence-corrected chi connectivity index (χ2v) is 4.34. The molecule has 1 N–H and O–H groups in total. The lowest BCUT2D eigenvalue weighted by molar-refractivity contribution is -0.135. The number of carbonyl (C=O) groups is 1. The number of nitrogens with zero attached hydrogens (tertiary/aromatic N) is 3. The first-order chi connectivity index (χ1) is 8.65. The molecule has 0 spiro atoms. The lowest BCUT2D eigenvalue weighted by Crippen LogP contribution is -2.31. The van der Waals surface area contributed by atoms with E-state index in [1.165, 1.54) is 0 Å². The first-order valence-electron chi connectivity index (χ1n) is 6.05. The average Bonchev–Trinajstić information content (AvgIpc) is 2.81. The lowest BCUT2D eigenvalue weighted by Gasteiger charge is -2.21. The van der Waals surface area contributed by atoms with Crippen LogP contribution in [0.1, 0.15) is 30.2 Å². The molecule has 0 aliphatic heterocycles. The fourth-order valence-corrected chi connectivity index (χ4v) is 2.28.